The number of ether oxygens (including phenoxy) is 2. The molecule has 0 aliphatic carbocycles. The molecule has 0 spiro atoms. The minimum absolute atomic E-state index is 0.455. The van der Waals surface area contributed by atoms with Gasteiger partial charge in [-0.1, -0.05) is 62.0 Å². The van der Waals surface area contributed by atoms with Gasteiger partial charge < -0.3 is 14.0 Å². The molecule has 0 fully saturated rings. The van der Waals surface area contributed by atoms with Gasteiger partial charge in [0.05, 0.1) is 14.2 Å². The summed E-state index contributed by atoms with van der Waals surface area (Å²) in [6.45, 7) is 2.24. The monoisotopic (exact) mass is 380 g/mol. The standard InChI is InChI=1S/C23H28N2O3/c1-4-5-6-7-8-9-17-10-12-18(13-11-17)22-24-23(28-25-22)19-14-15-20(26-2)21(16-19)27-3/h10-16H,4-9H2,1-3H3. The van der Waals surface area contributed by atoms with Crippen molar-refractivity contribution in [3.63, 3.8) is 0 Å². The lowest BCUT2D eigenvalue weighted by atomic mass is 10.0. The van der Waals surface area contributed by atoms with E-state index < -0.39 is 0 Å². The fraction of sp³-hybridized carbons (Fsp3) is 0.391. The van der Waals surface area contributed by atoms with Crippen LogP contribution in [-0.2, 0) is 6.42 Å². The Hall–Kier alpha value is -2.82. The SMILES string of the molecule is CCCCCCCc1ccc(-c2noc(-c3ccc(OC)c(OC)c3)n2)cc1. The summed E-state index contributed by atoms with van der Waals surface area (Å²) in [7, 11) is 3.21. The summed E-state index contributed by atoms with van der Waals surface area (Å²) in [6, 6.07) is 14.0. The summed E-state index contributed by atoms with van der Waals surface area (Å²) >= 11 is 0. The van der Waals surface area contributed by atoms with Crippen LogP contribution in [0.2, 0.25) is 0 Å². The summed E-state index contributed by atoms with van der Waals surface area (Å²) in [5.41, 5.74) is 3.09. The van der Waals surface area contributed by atoms with E-state index in [-0.39, 0.29) is 0 Å². The van der Waals surface area contributed by atoms with E-state index in [1.165, 1.54) is 37.7 Å². The maximum atomic E-state index is 5.45. The molecule has 0 aliphatic rings. The molecule has 0 radical (unpaired) electrons. The second kappa shape index (κ2) is 9.93. The third-order valence-electron chi connectivity index (χ3n) is 4.84. The summed E-state index contributed by atoms with van der Waals surface area (Å²) < 4.78 is 16.1. The van der Waals surface area contributed by atoms with E-state index in [4.69, 9.17) is 14.0 Å². The molecule has 5 heteroatoms. The number of unbranched alkanes of at least 4 members (excludes halogenated alkanes) is 4. The van der Waals surface area contributed by atoms with Crippen molar-refractivity contribution in [2.45, 2.75) is 45.4 Å². The molecule has 3 aromatic rings. The molecule has 1 aromatic heterocycles. The summed E-state index contributed by atoms with van der Waals surface area (Å²) in [6.07, 6.45) is 7.60. The molecule has 0 saturated carbocycles. The number of aryl methyl sites for hydroxylation is 1. The molecular formula is C23H28N2O3. The number of nitrogens with zero attached hydrogens (tertiary/aromatic N) is 2. The molecular weight excluding hydrogens is 352 g/mol. The van der Waals surface area contributed by atoms with Crippen LogP contribution in [0.5, 0.6) is 11.5 Å². The molecule has 148 valence electrons. The summed E-state index contributed by atoms with van der Waals surface area (Å²) in [5.74, 6) is 2.33. The van der Waals surface area contributed by atoms with Crippen molar-refractivity contribution in [2.75, 3.05) is 14.2 Å². The van der Waals surface area contributed by atoms with Gasteiger partial charge >= 0.3 is 0 Å². The Morgan fingerprint density at radius 1 is 0.821 bits per heavy atom. The molecule has 2 aromatic carbocycles. The van der Waals surface area contributed by atoms with E-state index >= 15 is 0 Å². The molecule has 3 rings (SSSR count). The molecule has 0 aliphatic heterocycles. The van der Waals surface area contributed by atoms with E-state index in [1.54, 1.807) is 14.2 Å². The van der Waals surface area contributed by atoms with Crippen molar-refractivity contribution < 1.29 is 14.0 Å². The van der Waals surface area contributed by atoms with Gasteiger partial charge in [-0.25, -0.2) is 0 Å². The molecule has 28 heavy (non-hydrogen) atoms. The van der Waals surface area contributed by atoms with Crippen LogP contribution < -0.4 is 9.47 Å². The van der Waals surface area contributed by atoms with E-state index in [1.807, 2.05) is 18.2 Å². The molecule has 0 amide bonds. The predicted octanol–water partition coefficient (Wildman–Crippen LogP) is 5.93. The van der Waals surface area contributed by atoms with Crippen LogP contribution in [0.3, 0.4) is 0 Å². The van der Waals surface area contributed by atoms with Crippen LogP contribution in [0.15, 0.2) is 47.0 Å². The maximum absolute atomic E-state index is 5.45. The first-order chi connectivity index (χ1) is 13.7. The zero-order valence-corrected chi connectivity index (χ0v) is 16.9. The van der Waals surface area contributed by atoms with Gasteiger partial charge in [-0.2, -0.15) is 4.98 Å². The minimum Gasteiger partial charge on any atom is -0.493 e. The van der Waals surface area contributed by atoms with Crippen LogP contribution in [0.25, 0.3) is 22.8 Å². The normalized spacial score (nSPS) is 10.8. The predicted molar refractivity (Wildman–Crippen MR) is 111 cm³/mol. The molecule has 0 bridgehead atoms. The minimum atomic E-state index is 0.455. The van der Waals surface area contributed by atoms with Crippen molar-refractivity contribution in [1.29, 1.82) is 0 Å². The number of aromatic nitrogens is 2. The highest BCUT2D eigenvalue weighted by molar-refractivity contribution is 5.63. The fourth-order valence-corrected chi connectivity index (χ4v) is 3.18. The van der Waals surface area contributed by atoms with Crippen LogP contribution >= 0.6 is 0 Å². The van der Waals surface area contributed by atoms with Gasteiger partial charge in [0.1, 0.15) is 0 Å². The van der Waals surface area contributed by atoms with Gasteiger partial charge in [0.2, 0.25) is 5.82 Å². The van der Waals surface area contributed by atoms with Gasteiger partial charge in [-0.3, -0.25) is 0 Å². The number of hydrogen-bond acceptors (Lipinski definition) is 5. The summed E-state index contributed by atoms with van der Waals surface area (Å²) in [4.78, 5) is 4.53. The molecule has 0 unspecified atom stereocenters. The topological polar surface area (TPSA) is 57.4 Å². The quantitative estimate of drug-likeness (QED) is 0.408. The van der Waals surface area contributed by atoms with E-state index in [9.17, 15) is 0 Å². The largest absolute Gasteiger partial charge is 0.493 e. The Morgan fingerprint density at radius 3 is 2.25 bits per heavy atom. The third kappa shape index (κ3) is 4.91. The number of hydrogen-bond donors (Lipinski definition) is 0. The van der Waals surface area contributed by atoms with Crippen molar-refractivity contribution >= 4 is 0 Å². The number of methoxy groups -OCH3 is 2. The Bertz CT molecular complexity index is 872. The maximum Gasteiger partial charge on any atom is 0.258 e. The van der Waals surface area contributed by atoms with Crippen molar-refractivity contribution in [3.8, 4) is 34.3 Å². The van der Waals surface area contributed by atoms with Gasteiger partial charge in [-0.05, 0) is 36.6 Å². The lowest BCUT2D eigenvalue weighted by molar-refractivity contribution is 0.355. The fourth-order valence-electron chi connectivity index (χ4n) is 3.18. The lowest BCUT2D eigenvalue weighted by Gasteiger charge is -2.07. The first-order valence-electron chi connectivity index (χ1n) is 9.90. The number of rotatable bonds is 10. The molecule has 0 saturated heterocycles. The highest BCUT2D eigenvalue weighted by Crippen LogP contribution is 2.32. The van der Waals surface area contributed by atoms with Crippen LogP contribution in [0.4, 0.5) is 0 Å². The molecule has 5 nitrogen and oxygen atoms in total. The zero-order chi connectivity index (χ0) is 19.8. The van der Waals surface area contributed by atoms with Crippen LogP contribution in [-0.4, -0.2) is 24.4 Å². The number of benzene rings is 2. The van der Waals surface area contributed by atoms with Crippen LogP contribution in [0, 0.1) is 0 Å². The average molecular weight is 380 g/mol. The third-order valence-corrected chi connectivity index (χ3v) is 4.84. The van der Waals surface area contributed by atoms with Crippen molar-refractivity contribution in [2.24, 2.45) is 0 Å². The zero-order valence-electron chi connectivity index (χ0n) is 16.9. The van der Waals surface area contributed by atoms with Crippen molar-refractivity contribution in [3.05, 3.63) is 48.0 Å². The smallest absolute Gasteiger partial charge is 0.258 e. The Labute approximate surface area is 166 Å². The van der Waals surface area contributed by atoms with Crippen LogP contribution in [0.1, 0.15) is 44.6 Å². The highest BCUT2D eigenvalue weighted by atomic mass is 16.5. The van der Waals surface area contributed by atoms with Gasteiger partial charge in [0.25, 0.3) is 5.89 Å². The molecule has 0 atom stereocenters. The van der Waals surface area contributed by atoms with E-state index in [0.29, 0.717) is 23.2 Å². The highest BCUT2D eigenvalue weighted by Gasteiger charge is 2.13. The average Bonchev–Trinajstić information content (AvgIpc) is 3.24. The van der Waals surface area contributed by atoms with Gasteiger partial charge in [-0.15, -0.1) is 0 Å². The van der Waals surface area contributed by atoms with Gasteiger partial charge in [0.15, 0.2) is 11.5 Å². The first kappa shape index (κ1) is 19.9. The second-order valence-electron chi connectivity index (χ2n) is 6.85. The van der Waals surface area contributed by atoms with E-state index in [2.05, 4.69) is 41.3 Å². The Balaban J connectivity index is 1.67. The second-order valence-corrected chi connectivity index (χ2v) is 6.85. The first-order valence-corrected chi connectivity index (χ1v) is 9.90. The Kier molecular flexibility index (Phi) is 7.06. The van der Waals surface area contributed by atoms with E-state index in [0.717, 1.165) is 17.5 Å². The van der Waals surface area contributed by atoms with Gasteiger partial charge in [0, 0.05) is 11.1 Å². The summed E-state index contributed by atoms with van der Waals surface area (Å²) in [5, 5.41) is 4.13. The molecule has 0 N–H and O–H groups in total. The van der Waals surface area contributed by atoms with Crippen molar-refractivity contribution in [1.82, 2.24) is 10.1 Å². The lowest BCUT2D eigenvalue weighted by Crippen LogP contribution is -1.91. The Morgan fingerprint density at radius 2 is 1.54 bits per heavy atom. The molecule has 1 heterocycles.